The van der Waals surface area contributed by atoms with Gasteiger partial charge in [-0.25, -0.2) is 0 Å². The van der Waals surface area contributed by atoms with Gasteiger partial charge in [0.25, 0.3) is 5.91 Å². The Morgan fingerprint density at radius 1 is 0.967 bits per heavy atom. The topological polar surface area (TPSA) is 58.6 Å². The summed E-state index contributed by atoms with van der Waals surface area (Å²) in [7, 11) is 0. The van der Waals surface area contributed by atoms with Gasteiger partial charge in [-0.05, 0) is 37.3 Å². The van der Waals surface area contributed by atoms with Crippen LogP contribution in [0.3, 0.4) is 0 Å². The molecule has 0 saturated carbocycles. The molecule has 5 heteroatoms. The van der Waals surface area contributed by atoms with Crippen molar-refractivity contribution in [3.8, 4) is 5.75 Å². The third-order valence-electron chi connectivity index (χ3n) is 5.10. The number of likely N-dealkylation sites (N-methyl/N-ethyl adjacent to an activating group) is 1. The summed E-state index contributed by atoms with van der Waals surface area (Å²) in [6.45, 7) is 4.47. The molecule has 1 atom stereocenters. The lowest BCUT2D eigenvalue weighted by Gasteiger charge is -2.28. The summed E-state index contributed by atoms with van der Waals surface area (Å²) in [5.41, 5.74) is 1.12. The average molecular weight is 405 g/mol. The lowest BCUT2D eigenvalue weighted by atomic mass is 10.1. The van der Waals surface area contributed by atoms with Crippen molar-refractivity contribution in [2.75, 3.05) is 19.7 Å². The lowest BCUT2D eigenvalue weighted by Crippen LogP contribution is -2.50. The summed E-state index contributed by atoms with van der Waals surface area (Å²) < 4.78 is 5.88. The Hall–Kier alpha value is -3.34. The van der Waals surface area contributed by atoms with E-state index in [1.807, 2.05) is 79.7 Å². The molecule has 0 heterocycles. The predicted octanol–water partition coefficient (Wildman–Crippen LogP) is 3.81. The van der Waals surface area contributed by atoms with Crippen LogP contribution in [0.4, 0.5) is 0 Å². The van der Waals surface area contributed by atoms with Crippen molar-refractivity contribution in [2.45, 2.75) is 26.3 Å². The number of rotatable bonds is 9. The van der Waals surface area contributed by atoms with Gasteiger partial charge in [0, 0.05) is 18.5 Å². The van der Waals surface area contributed by atoms with Crippen LogP contribution < -0.4 is 10.1 Å². The Labute approximate surface area is 177 Å². The minimum Gasteiger partial charge on any atom is -0.483 e. The molecular weight excluding hydrogens is 376 g/mol. The van der Waals surface area contributed by atoms with Crippen molar-refractivity contribution in [3.05, 3.63) is 78.4 Å². The Morgan fingerprint density at radius 2 is 1.67 bits per heavy atom. The van der Waals surface area contributed by atoms with E-state index < -0.39 is 6.04 Å². The standard InChI is InChI=1S/C25H28N2O3/c1-3-26-25(29)19(2)27(17-16-20-10-5-4-6-11-20)24(28)18-30-23-15-9-13-21-12-7-8-14-22(21)23/h4-15,19H,3,16-18H2,1-2H3,(H,26,29)/t19-/m1/s1. The van der Waals surface area contributed by atoms with Gasteiger partial charge in [-0.2, -0.15) is 0 Å². The Morgan fingerprint density at radius 3 is 2.43 bits per heavy atom. The zero-order chi connectivity index (χ0) is 21.3. The average Bonchev–Trinajstić information content (AvgIpc) is 2.78. The molecule has 3 aromatic carbocycles. The molecule has 0 aromatic heterocycles. The molecule has 156 valence electrons. The van der Waals surface area contributed by atoms with Crippen molar-refractivity contribution in [2.24, 2.45) is 0 Å². The molecule has 3 aromatic rings. The maximum Gasteiger partial charge on any atom is 0.261 e. The Kier molecular flexibility index (Phi) is 7.44. The van der Waals surface area contributed by atoms with Crippen LogP contribution in [0.1, 0.15) is 19.4 Å². The quantitative estimate of drug-likeness (QED) is 0.590. The third-order valence-corrected chi connectivity index (χ3v) is 5.10. The zero-order valence-electron chi connectivity index (χ0n) is 17.5. The van der Waals surface area contributed by atoms with Gasteiger partial charge in [-0.3, -0.25) is 9.59 Å². The molecule has 3 rings (SSSR count). The number of ether oxygens (including phenoxy) is 1. The fourth-order valence-electron chi connectivity index (χ4n) is 3.44. The largest absolute Gasteiger partial charge is 0.483 e. The minimum absolute atomic E-state index is 0.119. The fourth-order valence-corrected chi connectivity index (χ4v) is 3.44. The van der Waals surface area contributed by atoms with Crippen LogP contribution in [0.25, 0.3) is 10.8 Å². The van der Waals surface area contributed by atoms with Crippen LogP contribution in [-0.4, -0.2) is 42.5 Å². The molecule has 0 bridgehead atoms. The zero-order valence-corrected chi connectivity index (χ0v) is 17.5. The summed E-state index contributed by atoms with van der Waals surface area (Å²) in [5, 5.41) is 4.82. The van der Waals surface area contributed by atoms with Gasteiger partial charge in [-0.15, -0.1) is 0 Å². The number of carbonyl (C=O) groups excluding carboxylic acids is 2. The summed E-state index contributed by atoms with van der Waals surface area (Å²) in [4.78, 5) is 27.0. The first-order valence-electron chi connectivity index (χ1n) is 10.3. The molecule has 0 unspecified atom stereocenters. The molecule has 0 aliphatic heterocycles. The number of nitrogens with zero attached hydrogens (tertiary/aromatic N) is 1. The van der Waals surface area contributed by atoms with Gasteiger partial charge in [0.1, 0.15) is 11.8 Å². The summed E-state index contributed by atoms with van der Waals surface area (Å²) >= 11 is 0. The van der Waals surface area contributed by atoms with E-state index in [1.54, 1.807) is 11.8 Å². The van der Waals surface area contributed by atoms with E-state index in [9.17, 15) is 9.59 Å². The van der Waals surface area contributed by atoms with E-state index >= 15 is 0 Å². The number of carbonyl (C=O) groups is 2. The monoisotopic (exact) mass is 404 g/mol. The molecule has 0 aliphatic carbocycles. The highest BCUT2D eigenvalue weighted by atomic mass is 16.5. The maximum absolute atomic E-state index is 13.0. The van der Waals surface area contributed by atoms with Crippen molar-refractivity contribution in [1.82, 2.24) is 10.2 Å². The SMILES string of the molecule is CCNC(=O)[C@@H](C)N(CCc1ccccc1)C(=O)COc1cccc2ccccc12. The van der Waals surface area contributed by atoms with Gasteiger partial charge in [0.2, 0.25) is 5.91 Å². The second kappa shape index (κ2) is 10.4. The molecule has 2 amide bonds. The molecule has 0 radical (unpaired) electrons. The fraction of sp³-hybridized carbons (Fsp3) is 0.280. The molecule has 0 spiro atoms. The highest BCUT2D eigenvalue weighted by molar-refractivity contribution is 5.90. The van der Waals surface area contributed by atoms with E-state index in [4.69, 9.17) is 4.74 Å². The van der Waals surface area contributed by atoms with Crippen LogP contribution in [0.15, 0.2) is 72.8 Å². The van der Waals surface area contributed by atoms with E-state index in [2.05, 4.69) is 5.32 Å². The number of hydrogen-bond donors (Lipinski definition) is 1. The van der Waals surface area contributed by atoms with Crippen LogP contribution in [0, 0.1) is 0 Å². The molecule has 0 fully saturated rings. The van der Waals surface area contributed by atoms with E-state index in [1.165, 1.54) is 0 Å². The van der Waals surface area contributed by atoms with Crippen LogP contribution in [0.5, 0.6) is 5.75 Å². The maximum atomic E-state index is 13.0. The van der Waals surface area contributed by atoms with Crippen molar-refractivity contribution in [3.63, 3.8) is 0 Å². The van der Waals surface area contributed by atoms with Gasteiger partial charge < -0.3 is 15.0 Å². The number of hydrogen-bond acceptors (Lipinski definition) is 3. The normalized spacial score (nSPS) is 11.7. The van der Waals surface area contributed by atoms with Crippen LogP contribution in [-0.2, 0) is 16.0 Å². The third kappa shape index (κ3) is 5.38. The van der Waals surface area contributed by atoms with E-state index in [-0.39, 0.29) is 18.4 Å². The first kappa shape index (κ1) is 21.4. The van der Waals surface area contributed by atoms with Crippen molar-refractivity contribution in [1.29, 1.82) is 0 Å². The Balaban J connectivity index is 1.72. The number of amides is 2. The Bertz CT molecular complexity index is 983. The highest BCUT2D eigenvalue weighted by Gasteiger charge is 2.25. The minimum atomic E-state index is -0.572. The predicted molar refractivity (Wildman–Crippen MR) is 119 cm³/mol. The number of fused-ring (bicyclic) bond motifs is 1. The summed E-state index contributed by atoms with van der Waals surface area (Å²) in [6.07, 6.45) is 0.671. The molecule has 1 N–H and O–H groups in total. The van der Waals surface area contributed by atoms with Gasteiger partial charge in [0.15, 0.2) is 6.61 Å². The van der Waals surface area contributed by atoms with Crippen molar-refractivity contribution >= 4 is 22.6 Å². The molecule has 0 saturated heterocycles. The summed E-state index contributed by atoms with van der Waals surface area (Å²) in [5.74, 6) is 0.289. The van der Waals surface area contributed by atoms with Gasteiger partial charge in [-0.1, -0.05) is 66.7 Å². The number of benzene rings is 3. The van der Waals surface area contributed by atoms with Crippen LogP contribution in [0.2, 0.25) is 0 Å². The van der Waals surface area contributed by atoms with Gasteiger partial charge >= 0.3 is 0 Å². The number of nitrogens with one attached hydrogen (secondary N) is 1. The second-order valence-corrected chi connectivity index (χ2v) is 7.16. The summed E-state index contributed by atoms with van der Waals surface area (Å²) in [6, 6.07) is 23.0. The molecular formula is C25H28N2O3. The smallest absolute Gasteiger partial charge is 0.261 e. The van der Waals surface area contributed by atoms with E-state index in [0.29, 0.717) is 25.3 Å². The first-order valence-corrected chi connectivity index (χ1v) is 10.3. The molecule has 5 nitrogen and oxygen atoms in total. The van der Waals surface area contributed by atoms with E-state index in [0.717, 1.165) is 16.3 Å². The highest BCUT2D eigenvalue weighted by Crippen LogP contribution is 2.25. The molecule has 30 heavy (non-hydrogen) atoms. The van der Waals surface area contributed by atoms with Crippen molar-refractivity contribution < 1.29 is 14.3 Å². The second-order valence-electron chi connectivity index (χ2n) is 7.16. The van der Waals surface area contributed by atoms with Crippen LogP contribution >= 0.6 is 0 Å². The first-order chi connectivity index (χ1) is 14.6. The lowest BCUT2D eigenvalue weighted by molar-refractivity contribution is -0.141. The molecule has 0 aliphatic rings. The van der Waals surface area contributed by atoms with Gasteiger partial charge in [0.05, 0.1) is 0 Å².